The second kappa shape index (κ2) is 7.06. The van der Waals surface area contributed by atoms with Gasteiger partial charge in [-0.05, 0) is 17.7 Å². The predicted octanol–water partition coefficient (Wildman–Crippen LogP) is 1.29. The van der Waals surface area contributed by atoms with Crippen LogP contribution in [0.4, 0.5) is 5.69 Å². The number of anilines is 1. The summed E-state index contributed by atoms with van der Waals surface area (Å²) in [5, 5.41) is 4.46. The Kier molecular flexibility index (Phi) is 4.67. The summed E-state index contributed by atoms with van der Waals surface area (Å²) in [6.45, 7) is 0.0356. The number of carbonyl (C=O) groups excluding carboxylic acids is 4. The monoisotopic (exact) mass is 338 g/mol. The standard InChI is InChI=1S/C18H14N2O5/c21-14(10-25-9-11-5-2-1-3-6-11)19-13-8-4-7-12-15(13)16(22)18(24)20-17(12)23/h1-8H,9-10H2,(H,19,21)(H,20,23,24). The van der Waals surface area contributed by atoms with Gasteiger partial charge in [0.25, 0.3) is 17.6 Å². The van der Waals surface area contributed by atoms with Crippen LogP contribution in [0.1, 0.15) is 26.3 Å². The summed E-state index contributed by atoms with van der Waals surface area (Å²) in [6.07, 6.45) is 0. The van der Waals surface area contributed by atoms with Gasteiger partial charge >= 0.3 is 0 Å². The normalized spacial score (nSPS) is 13.2. The van der Waals surface area contributed by atoms with E-state index < -0.39 is 23.5 Å². The van der Waals surface area contributed by atoms with Gasteiger partial charge < -0.3 is 10.1 Å². The van der Waals surface area contributed by atoms with Crippen LogP contribution < -0.4 is 10.6 Å². The van der Waals surface area contributed by atoms with Gasteiger partial charge in [-0.1, -0.05) is 36.4 Å². The molecule has 7 nitrogen and oxygen atoms in total. The van der Waals surface area contributed by atoms with E-state index in [4.69, 9.17) is 4.74 Å². The van der Waals surface area contributed by atoms with Crippen LogP contribution in [0.15, 0.2) is 48.5 Å². The average molecular weight is 338 g/mol. The Morgan fingerprint density at radius 3 is 2.48 bits per heavy atom. The first kappa shape index (κ1) is 16.5. The number of nitrogens with one attached hydrogen (secondary N) is 2. The van der Waals surface area contributed by atoms with E-state index in [1.165, 1.54) is 18.2 Å². The molecule has 0 aliphatic carbocycles. The largest absolute Gasteiger partial charge is 0.367 e. The molecule has 3 rings (SSSR count). The summed E-state index contributed by atoms with van der Waals surface area (Å²) in [5.41, 5.74) is 0.976. The fourth-order valence-electron chi connectivity index (χ4n) is 2.45. The number of benzene rings is 2. The summed E-state index contributed by atoms with van der Waals surface area (Å²) in [4.78, 5) is 47.3. The van der Waals surface area contributed by atoms with Crippen molar-refractivity contribution >= 4 is 29.2 Å². The number of hydrogen-bond acceptors (Lipinski definition) is 5. The molecule has 0 aromatic heterocycles. The summed E-state index contributed by atoms with van der Waals surface area (Å²) >= 11 is 0. The lowest BCUT2D eigenvalue weighted by Crippen LogP contribution is -2.42. The van der Waals surface area contributed by atoms with E-state index in [1.54, 1.807) is 0 Å². The molecule has 0 saturated carbocycles. The van der Waals surface area contributed by atoms with Gasteiger partial charge in [-0.15, -0.1) is 0 Å². The quantitative estimate of drug-likeness (QED) is 0.632. The summed E-state index contributed by atoms with van der Waals surface area (Å²) in [5.74, 6) is -3.04. The second-order valence-corrected chi connectivity index (χ2v) is 5.37. The zero-order chi connectivity index (χ0) is 17.8. The minimum absolute atomic E-state index is 0.0487. The van der Waals surface area contributed by atoms with Gasteiger partial charge in [0.15, 0.2) is 0 Å². The van der Waals surface area contributed by atoms with Crippen molar-refractivity contribution in [2.24, 2.45) is 0 Å². The number of ketones is 1. The van der Waals surface area contributed by atoms with Gasteiger partial charge in [0, 0.05) is 0 Å². The first-order valence-electron chi connectivity index (χ1n) is 7.51. The molecule has 0 spiro atoms. The highest BCUT2D eigenvalue weighted by molar-refractivity contribution is 6.50. The molecule has 0 unspecified atom stereocenters. The van der Waals surface area contributed by atoms with Crippen molar-refractivity contribution in [3.63, 3.8) is 0 Å². The summed E-state index contributed by atoms with van der Waals surface area (Å²) in [7, 11) is 0. The zero-order valence-electron chi connectivity index (χ0n) is 13.1. The van der Waals surface area contributed by atoms with E-state index in [-0.39, 0.29) is 30.0 Å². The maximum Gasteiger partial charge on any atom is 0.299 e. The SMILES string of the molecule is O=C(COCc1ccccc1)Nc1cccc2c1C(=O)C(=O)NC2=O. The first-order valence-corrected chi connectivity index (χ1v) is 7.51. The van der Waals surface area contributed by atoms with Crippen molar-refractivity contribution in [3.05, 3.63) is 65.2 Å². The smallest absolute Gasteiger partial charge is 0.299 e. The van der Waals surface area contributed by atoms with Gasteiger partial charge in [-0.2, -0.15) is 0 Å². The Morgan fingerprint density at radius 2 is 1.72 bits per heavy atom. The van der Waals surface area contributed by atoms with Crippen LogP contribution in [0.5, 0.6) is 0 Å². The van der Waals surface area contributed by atoms with E-state index in [9.17, 15) is 19.2 Å². The van der Waals surface area contributed by atoms with Gasteiger partial charge in [-0.3, -0.25) is 24.5 Å². The van der Waals surface area contributed by atoms with Crippen LogP contribution >= 0.6 is 0 Å². The van der Waals surface area contributed by atoms with Crippen molar-refractivity contribution in [1.82, 2.24) is 5.32 Å². The van der Waals surface area contributed by atoms with Crippen molar-refractivity contribution in [1.29, 1.82) is 0 Å². The number of carbonyl (C=O) groups is 4. The molecule has 1 aliphatic rings. The number of Topliss-reactive ketones (excluding diaryl/α,β-unsaturated/α-hetero) is 1. The molecule has 25 heavy (non-hydrogen) atoms. The highest BCUT2D eigenvalue weighted by Gasteiger charge is 2.32. The summed E-state index contributed by atoms with van der Waals surface area (Å²) in [6, 6.07) is 13.7. The van der Waals surface area contributed by atoms with E-state index in [0.29, 0.717) is 0 Å². The van der Waals surface area contributed by atoms with Crippen molar-refractivity contribution in [2.45, 2.75) is 6.61 Å². The Labute approximate surface area is 143 Å². The summed E-state index contributed by atoms with van der Waals surface area (Å²) < 4.78 is 5.32. The van der Waals surface area contributed by atoms with E-state index in [1.807, 2.05) is 35.6 Å². The Morgan fingerprint density at radius 1 is 0.960 bits per heavy atom. The number of hydrogen-bond donors (Lipinski definition) is 2. The highest BCUT2D eigenvalue weighted by Crippen LogP contribution is 2.23. The first-order chi connectivity index (χ1) is 12.1. The van der Waals surface area contributed by atoms with Gasteiger partial charge in [0.1, 0.15) is 6.61 Å². The fraction of sp³-hybridized carbons (Fsp3) is 0.111. The van der Waals surface area contributed by atoms with E-state index >= 15 is 0 Å². The van der Waals surface area contributed by atoms with Crippen molar-refractivity contribution < 1.29 is 23.9 Å². The molecule has 2 N–H and O–H groups in total. The van der Waals surface area contributed by atoms with Crippen molar-refractivity contribution in [2.75, 3.05) is 11.9 Å². The number of imide groups is 1. The Hall–Kier alpha value is -3.32. The Balaban J connectivity index is 1.68. The molecule has 7 heteroatoms. The van der Waals surface area contributed by atoms with Crippen LogP contribution in [0.2, 0.25) is 0 Å². The lowest BCUT2D eigenvalue weighted by Gasteiger charge is -2.17. The molecule has 0 saturated heterocycles. The third-order valence-electron chi connectivity index (χ3n) is 3.59. The third kappa shape index (κ3) is 3.61. The van der Waals surface area contributed by atoms with Crippen LogP contribution in [0.25, 0.3) is 0 Å². The maximum absolute atomic E-state index is 12.0. The zero-order valence-corrected chi connectivity index (χ0v) is 13.1. The maximum atomic E-state index is 12.0. The number of fused-ring (bicyclic) bond motifs is 1. The molecule has 1 heterocycles. The second-order valence-electron chi connectivity index (χ2n) is 5.37. The van der Waals surface area contributed by atoms with Crippen LogP contribution in [-0.2, 0) is 20.9 Å². The van der Waals surface area contributed by atoms with Crippen LogP contribution in [0, 0.1) is 0 Å². The predicted molar refractivity (Wildman–Crippen MR) is 88.0 cm³/mol. The molecule has 2 aromatic rings. The molecular formula is C18H14N2O5. The van der Waals surface area contributed by atoms with Crippen LogP contribution in [0.3, 0.4) is 0 Å². The number of rotatable bonds is 5. The molecule has 0 atom stereocenters. The topological polar surface area (TPSA) is 102 Å². The van der Waals surface area contributed by atoms with E-state index in [0.717, 1.165) is 5.56 Å². The minimum atomic E-state index is -1.01. The van der Waals surface area contributed by atoms with Gasteiger partial charge in [-0.25, -0.2) is 0 Å². The molecule has 2 aromatic carbocycles. The molecule has 0 fully saturated rings. The lowest BCUT2D eigenvalue weighted by atomic mass is 9.97. The molecule has 3 amide bonds. The van der Waals surface area contributed by atoms with Gasteiger partial charge in [0.2, 0.25) is 5.91 Å². The molecule has 0 radical (unpaired) electrons. The minimum Gasteiger partial charge on any atom is -0.367 e. The average Bonchev–Trinajstić information content (AvgIpc) is 2.60. The number of amides is 3. The molecular weight excluding hydrogens is 324 g/mol. The molecule has 126 valence electrons. The Bertz CT molecular complexity index is 861. The highest BCUT2D eigenvalue weighted by atomic mass is 16.5. The van der Waals surface area contributed by atoms with Gasteiger partial charge in [0.05, 0.1) is 23.4 Å². The fourth-order valence-corrected chi connectivity index (χ4v) is 2.45. The third-order valence-corrected chi connectivity index (χ3v) is 3.59. The van der Waals surface area contributed by atoms with Crippen LogP contribution in [-0.4, -0.2) is 30.1 Å². The van der Waals surface area contributed by atoms with Crippen molar-refractivity contribution in [3.8, 4) is 0 Å². The van der Waals surface area contributed by atoms with E-state index in [2.05, 4.69) is 5.32 Å². The molecule has 0 bridgehead atoms. The lowest BCUT2D eigenvalue weighted by molar-refractivity contribution is -0.121. The molecule has 1 aliphatic heterocycles. The number of ether oxygens (including phenoxy) is 1.